The van der Waals surface area contributed by atoms with Crippen LogP contribution in [0.2, 0.25) is 0 Å². The van der Waals surface area contributed by atoms with Crippen LogP contribution in [0.15, 0.2) is 0 Å². The minimum atomic E-state index is -3.91. The minimum absolute atomic E-state index is 0.0987. The van der Waals surface area contributed by atoms with Gasteiger partial charge in [0.15, 0.2) is 0 Å². The Labute approximate surface area is 93.0 Å². The average Bonchev–Trinajstić information content (AvgIpc) is 2.17. The van der Waals surface area contributed by atoms with Crippen LogP contribution >= 0.6 is 0 Å². The van der Waals surface area contributed by atoms with Crippen LogP contribution < -0.4 is 5.32 Å². The summed E-state index contributed by atoms with van der Waals surface area (Å²) >= 11 is 0. The van der Waals surface area contributed by atoms with Crippen molar-refractivity contribution in [2.75, 3.05) is 26.2 Å². The van der Waals surface area contributed by atoms with Gasteiger partial charge in [-0.3, -0.25) is 4.90 Å². The first kappa shape index (κ1) is 13.7. The molecule has 0 amide bonds. The van der Waals surface area contributed by atoms with Crippen molar-refractivity contribution < 1.29 is 17.6 Å². The maximum atomic E-state index is 13.0. The summed E-state index contributed by atoms with van der Waals surface area (Å²) in [5.74, 6) is -3.74. The highest BCUT2D eigenvalue weighted by Gasteiger charge is 2.44. The summed E-state index contributed by atoms with van der Waals surface area (Å²) in [7, 11) is 0. The van der Waals surface area contributed by atoms with Gasteiger partial charge in [-0.2, -0.15) is 8.78 Å². The highest BCUT2D eigenvalue weighted by Crippen LogP contribution is 2.26. The number of rotatable bonds is 4. The van der Waals surface area contributed by atoms with Crippen LogP contribution in [0, 0.1) is 5.92 Å². The van der Waals surface area contributed by atoms with E-state index in [9.17, 15) is 17.6 Å². The summed E-state index contributed by atoms with van der Waals surface area (Å²) in [6.45, 7) is 4.51. The molecule has 1 fully saturated rings. The summed E-state index contributed by atoms with van der Waals surface area (Å²) < 4.78 is 50.1. The summed E-state index contributed by atoms with van der Waals surface area (Å²) in [6.07, 6.45) is -3.59. The number of piperazine rings is 1. The van der Waals surface area contributed by atoms with E-state index in [-0.39, 0.29) is 12.0 Å². The van der Waals surface area contributed by atoms with E-state index in [1.807, 2.05) is 13.8 Å². The number of alkyl halides is 4. The van der Waals surface area contributed by atoms with Crippen LogP contribution in [-0.4, -0.2) is 49.5 Å². The molecule has 0 aromatic carbocycles. The van der Waals surface area contributed by atoms with Gasteiger partial charge in [0, 0.05) is 25.7 Å². The number of nitrogens with one attached hydrogen (secondary N) is 1. The summed E-state index contributed by atoms with van der Waals surface area (Å²) in [5.41, 5.74) is 0. The number of halogens is 4. The standard InChI is InChI=1S/C10H18F4N2/c1-7(2)8-5-15-3-4-16(8)6-10(13,14)9(11)12/h7-9,15H,3-6H2,1-2H3. The lowest BCUT2D eigenvalue weighted by Gasteiger charge is -2.40. The van der Waals surface area contributed by atoms with E-state index < -0.39 is 18.9 Å². The van der Waals surface area contributed by atoms with Crippen LogP contribution in [-0.2, 0) is 0 Å². The van der Waals surface area contributed by atoms with Gasteiger partial charge in [-0.25, -0.2) is 8.78 Å². The van der Waals surface area contributed by atoms with E-state index in [1.165, 1.54) is 4.90 Å². The monoisotopic (exact) mass is 242 g/mol. The predicted molar refractivity (Wildman–Crippen MR) is 54.0 cm³/mol. The van der Waals surface area contributed by atoms with Gasteiger partial charge in [0.2, 0.25) is 0 Å². The first-order chi connectivity index (χ1) is 7.34. The van der Waals surface area contributed by atoms with Crippen LogP contribution in [0.4, 0.5) is 17.6 Å². The second-order valence-electron chi connectivity index (χ2n) is 4.55. The molecule has 1 unspecified atom stereocenters. The molecule has 0 aromatic rings. The largest absolute Gasteiger partial charge is 0.319 e. The van der Waals surface area contributed by atoms with E-state index in [4.69, 9.17) is 0 Å². The molecular weight excluding hydrogens is 224 g/mol. The molecule has 1 rings (SSSR count). The molecule has 0 saturated carbocycles. The highest BCUT2D eigenvalue weighted by atomic mass is 19.3. The Bertz CT molecular complexity index is 221. The molecule has 1 aliphatic rings. The van der Waals surface area contributed by atoms with Crippen molar-refractivity contribution >= 4 is 0 Å². The van der Waals surface area contributed by atoms with Crippen molar-refractivity contribution in [3.8, 4) is 0 Å². The first-order valence-corrected chi connectivity index (χ1v) is 5.45. The van der Waals surface area contributed by atoms with Crippen molar-refractivity contribution in [3.63, 3.8) is 0 Å². The summed E-state index contributed by atoms with van der Waals surface area (Å²) in [6, 6.07) is -0.0987. The first-order valence-electron chi connectivity index (χ1n) is 5.45. The van der Waals surface area contributed by atoms with Gasteiger partial charge in [-0.1, -0.05) is 13.8 Å². The molecule has 16 heavy (non-hydrogen) atoms. The molecule has 96 valence electrons. The number of nitrogens with zero attached hydrogens (tertiary/aromatic N) is 1. The van der Waals surface area contributed by atoms with Gasteiger partial charge in [0.25, 0.3) is 0 Å². The predicted octanol–water partition coefficient (Wildman–Crippen LogP) is 1.82. The Morgan fingerprint density at radius 3 is 2.50 bits per heavy atom. The second kappa shape index (κ2) is 5.31. The Morgan fingerprint density at radius 1 is 1.38 bits per heavy atom. The fourth-order valence-electron chi connectivity index (χ4n) is 1.96. The molecule has 1 N–H and O–H groups in total. The molecular formula is C10H18F4N2. The lowest BCUT2D eigenvalue weighted by Crippen LogP contribution is -2.57. The highest BCUT2D eigenvalue weighted by molar-refractivity contribution is 4.86. The van der Waals surface area contributed by atoms with Gasteiger partial charge < -0.3 is 5.32 Å². The van der Waals surface area contributed by atoms with Crippen molar-refractivity contribution in [2.24, 2.45) is 5.92 Å². The van der Waals surface area contributed by atoms with Crippen molar-refractivity contribution in [1.82, 2.24) is 10.2 Å². The molecule has 0 spiro atoms. The SMILES string of the molecule is CC(C)C1CNCCN1CC(F)(F)C(F)F. The third-order valence-electron chi connectivity index (χ3n) is 2.90. The smallest absolute Gasteiger partial charge is 0.314 e. The third kappa shape index (κ3) is 3.31. The number of hydrogen-bond donors (Lipinski definition) is 1. The number of hydrogen-bond acceptors (Lipinski definition) is 2. The van der Waals surface area contributed by atoms with E-state index in [2.05, 4.69) is 5.32 Å². The maximum Gasteiger partial charge on any atom is 0.319 e. The maximum absolute atomic E-state index is 13.0. The Hall–Kier alpha value is -0.360. The van der Waals surface area contributed by atoms with Gasteiger partial charge in [-0.05, 0) is 5.92 Å². The van der Waals surface area contributed by atoms with Gasteiger partial charge in [0.05, 0.1) is 6.54 Å². The van der Waals surface area contributed by atoms with Crippen molar-refractivity contribution in [3.05, 3.63) is 0 Å². The molecule has 0 bridgehead atoms. The lowest BCUT2D eigenvalue weighted by molar-refractivity contribution is -0.149. The molecule has 1 heterocycles. The van der Waals surface area contributed by atoms with E-state index in [0.29, 0.717) is 19.6 Å². The lowest BCUT2D eigenvalue weighted by atomic mass is 10.00. The van der Waals surface area contributed by atoms with E-state index in [1.54, 1.807) is 0 Å². The molecule has 0 aliphatic carbocycles. The molecule has 2 nitrogen and oxygen atoms in total. The zero-order valence-corrected chi connectivity index (χ0v) is 9.52. The molecule has 1 saturated heterocycles. The molecule has 6 heteroatoms. The van der Waals surface area contributed by atoms with Crippen LogP contribution in [0.1, 0.15) is 13.8 Å². The van der Waals surface area contributed by atoms with Crippen LogP contribution in [0.3, 0.4) is 0 Å². The average molecular weight is 242 g/mol. The summed E-state index contributed by atoms with van der Waals surface area (Å²) in [5, 5.41) is 3.09. The van der Waals surface area contributed by atoms with Crippen LogP contribution in [0.5, 0.6) is 0 Å². The molecule has 0 aromatic heterocycles. The van der Waals surface area contributed by atoms with Gasteiger partial charge in [0.1, 0.15) is 0 Å². The normalized spacial score (nSPS) is 24.4. The van der Waals surface area contributed by atoms with Gasteiger partial charge >= 0.3 is 12.3 Å². The Balaban J connectivity index is 2.62. The fraction of sp³-hybridized carbons (Fsp3) is 1.00. The van der Waals surface area contributed by atoms with Crippen molar-refractivity contribution in [2.45, 2.75) is 32.2 Å². The topological polar surface area (TPSA) is 15.3 Å². The molecule has 1 aliphatic heterocycles. The van der Waals surface area contributed by atoms with Gasteiger partial charge in [-0.15, -0.1) is 0 Å². The zero-order chi connectivity index (χ0) is 12.3. The Morgan fingerprint density at radius 2 is 2.00 bits per heavy atom. The quantitative estimate of drug-likeness (QED) is 0.756. The zero-order valence-electron chi connectivity index (χ0n) is 9.52. The summed E-state index contributed by atoms with van der Waals surface area (Å²) in [4.78, 5) is 1.47. The Kier molecular flexibility index (Phi) is 4.55. The molecule has 1 atom stereocenters. The van der Waals surface area contributed by atoms with E-state index in [0.717, 1.165) is 0 Å². The molecule has 0 radical (unpaired) electrons. The minimum Gasteiger partial charge on any atom is -0.314 e. The second-order valence-corrected chi connectivity index (χ2v) is 4.55. The third-order valence-corrected chi connectivity index (χ3v) is 2.90. The fourth-order valence-corrected chi connectivity index (χ4v) is 1.96. The van der Waals surface area contributed by atoms with Crippen molar-refractivity contribution in [1.29, 1.82) is 0 Å². The van der Waals surface area contributed by atoms with E-state index >= 15 is 0 Å². The van der Waals surface area contributed by atoms with Crippen LogP contribution in [0.25, 0.3) is 0 Å².